The van der Waals surface area contributed by atoms with Gasteiger partial charge in [0.1, 0.15) is 0 Å². The summed E-state index contributed by atoms with van der Waals surface area (Å²) in [5.41, 5.74) is 2.16. The average molecular weight is 334 g/mol. The molecule has 3 heterocycles. The number of H-pyrrole nitrogens is 1. The van der Waals surface area contributed by atoms with Gasteiger partial charge < -0.3 is 9.64 Å². The molecule has 4 rings (SSSR count). The van der Waals surface area contributed by atoms with Crippen molar-refractivity contribution in [3.63, 3.8) is 0 Å². The van der Waals surface area contributed by atoms with Crippen molar-refractivity contribution in [1.29, 1.82) is 0 Å². The molecule has 2 aromatic heterocycles. The van der Waals surface area contributed by atoms with Crippen molar-refractivity contribution in [2.75, 3.05) is 31.2 Å². The highest BCUT2D eigenvalue weighted by molar-refractivity contribution is 5.88. The van der Waals surface area contributed by atoms with Crippen LogP contribution in [0.3, 0.4) is 0 Å². The standard InChI is InChI=1S/C19H18N4O2/c24-18-16-15(7-6-14-4-2-1-3-5-14)8-9-20-17(16)21-19(22-18)23-10-12-25-13-11-23/h1-9H,10-13H2,(H,20,21,22,24)/b7-6+. The lowest BCUT2D eigenvalue weighted by Crippen LogP contribution is -2.38. The Morgan fingerprint density at radius 2 is 1.88 bits per heavy atom. The van der Waals surface area contributed by atoms with Crippen LogP contribution in [0.1, 0.15) is 11.1 Å². The van der Waals surface area contributed by atoms with Crippen LogP contribution in [-0.4, -0.2) is 41.3 Å². The molecule has 1 N–H and O–H groups in total. The molecule has 1 aromatic carbocycles. The van der Waals surface area contributed by atoms with Gasteiger partial charge in [0, 0.05) is 19.3 Å². The van der Waals surface area contributed by atoms with Crippen LogP contribution >= 0.6 is 0 Å². The average Bonchev–Trinajstić information content (AvgIpc) is 2.67. The Morgan fingerprint density at radius 1 is 1.08 bits per heavy atom. The summed E-state index contributed by atoms with van der Waals surface area (Å²) in [6.45, 7) is 2.69. The molecule has 0 aliphatic carbocycles. The molecule has 0 unspecified atom stereocenters. The number of morpholine rings is 1. The maximum absolute atomic E-state index is 12.6. The van der Waals surface area contributed by atoms with Crippen LogP contribution in [0.2, 0.25) is 0 Å². The molecule has 1 saturated heterocycles. The second-order valence-electron chi connectivity index (χ2n) is 5.83. The zero-order valence-electron chi connectivity index (χ0n) is 13.7. The number of anilines is 1. The number of nitrogens with zero attached hydrogens (tertiary/aromatic N) is 3. The van der Waals surface area contributed by atoms with Crippen molar-refractivity contribution in [2.45, 2.75) is 0 Å². The van der Waals surface area contributed by atoms with E-state index in [0.29, 0.717) is 43.3 Å². The van der Waals surface area contributed by atoms with E-state index in [1.54, 1.807) is 6.20 Å². The van der Waals surface area contributed by atoms with E-state index < -0.39 is 0 Å². The third-order valence-electron chi connectivity index (χ3n) is 4.19. The lowest BCUT2D eigenvalue weighted by molar-refractivity contribution is 0.122. The molecule has 3 aromatic rings. The molecule has 0 amide bonds. The number of benzene rings is 1. The van der Waals surface area contributed by atoms with Gasteiger partial charge in [-0.2, -0.15) is 4.98 Å². The topological polar surface area (TPSA) is 71.1 Å². The van der Waals surface area contributed by atoms with Gasteiger partial charge >= 0.3 is 0 Å². The molecule has 0 saturated carbocycles. The second-order valence-corrected chi connectivity index (χ2v) is 5.83. The van der Waals surface area contributed by atoms with Crippen LogP contribution in [0.25, 0.3) is 23.2 Å². The third-order valence-corrected chi connectivity index (χ3v) is 4.19. The summed E-state index contributed by atoms with van der Waals surface area (Å²) in [4.78, 5) is 26.4. The lowest BCUT2D eigenvalue weighted by atomic mass is 10.1. The summed E-state index contributed by atoms with van der Waals surface area (Å²) in [5, 5.41) is 0.506. The van der Waals surface area contributed by atoms with Gasteiger partial charge in [-0.1, -0.05) is 42.5 Å². The number of hydrogen-bond acceptors (Lipinski definition) is 5. The molecular formula is C19H18N4O2. The highest BCUT2D eigenvalue weighted by Crippen LogP contribution is 2.17. The van der Waals surface area contributed by atoms with Crippen molar-refractivity contribution in [3.8, 4) is 0 Å². The van der Waals surface area contributed by atoms with Crippen molar-refractivity contribution in [3.05, 3.63) is 64.1 Å². The van der Waals surface area contributed by atoms with Gasteiger partial charge in [-0.15, -0.1) is 0 Å². The molecule has 1 aliphatic heterocycles. The van der Waals surface area contributed by atoms with Gasteiger partial charge in [-0.05, 0) is 17.2 Å². The lowest BCUT2D eigenvalue weighted by Gasteiger charge is -2.27. The molecular weight excluding hydrogens is 316 g/mol. The minimum Gasteiger partial charge on any atom is -0.378 e. The first-order valence-electron chi connectivity index (χ1n) is 8.26. The van der Waals surface area contributed by atoms with Crippen molar-refractivity contribution in [1.82, 2.24) is 15.0 Å². The number of hydrogen-bond donors (Lipinski definition) is 1. The molecule has 0 spiro atoms. The van der Waals surface area contributed by atoms with Crippen LogP contribution in [0.4, 0.5) is 5.95 Å². The Hall–Kier alpha value is -2.99. The van der Waals surface area contributed by atoms with E-state index in [1.807, 2.05) is 53.5 Å². The summed E-state index contributed by atoms with van der Waals surface area (Å²) in [6.07, 6.45) is 5.58. The Labute approximate surface area is 144 Å². The fourth-order valence-corrected chi connectivity index (χ4v) is 2.89. The maximum Gasteiger partial charge on any atom is 0.262 e. The molecule has 6 heteroatoms. The van der Waals surface area contributed by atoms with Gasteiger partial charge in [0.05, 0.1) is 18.6 Å². The van der Waals surface area contributed by atoms with Crippen molar-refractivity contribution in [2.24, 2.45) is 0 Å². The second kappa shape index (κ2) is 6.86. The largest absolute Gasteiger partial charge is 0.378 e. The summed E-state index contributed by atoms with van der Waals surface area (Å²) < 4.78 is 5.35. The number of ether oxygens (including phenoxy) is 1. The number of aromatic amines is 1. The fourth-order valence-electron chi connectivity index (χ4n) is 2.89. The molecule has 0 bridgehead atoms. The van der Waals surface area contributed by atoms with Gasteiger partial charge in [0.2, 0.25) is 5.95 Å². The normalized spacial score (nSPS) is 15.1. The first-order chi connectivity index (χ1) is 12.3. The quantitative estimate of drug-likeness (QED) is 0.796. The number of aromatic nitrogens is 3. The smallest absolute Gasteiger partial charge is 0.262 e. The predicted octanol–water partition coefficient (Wildman–Crippen LogP) is 2.33. The first-order valence-corrected chi connectivity index (χ1v) is 8.26. The van der Waals surface area contributed by atoms with Gasteiger partial charge in [-0.25, -0.2) is 4.98 Å². The zero-order valence-corrected chi connectivity index (χ0v) is 13.7. The fraction of sp³-hybridized carbons (Fsp3) is 0.211. The van der Waals surface area contributed by atoms with E-state index in [4.69, 9.17) is 4.74 Å². The minimum atomic E-state index is -0.174. The Morgan fingerprint density at radius 3 is 2.68 bits per heavy atom. The Kier molecular flexibility index (Phi) is 4.26. The molecule has 126 valence electrons. The molecule has 25 heavy (non-hydrogen) atoms. The Bertz CT molecular complexity index is 960. The van der Waals surface area contributed by atoms with Crippen LogP contribution in [0.15, 0.2) is 47.4 Å². The van der Waals surface area contributed by atoms with Crippen LogP contribution in [-0.2, 0) is 4.74 Å². The molecule has 0 atom stereocenters. The summed E-state index contributed by atoms with van der Waals surface area (Å²) in [6, 6.07) is 11.8. The number of rotatable bonds is 3. The van der Waals surface area contributed by atoms with E-state index >= 15 is 0 Å². The molecule has 1 fully saturated rings. The van der Waals surface area contributed by atoms with E-state index in [-0.39, 0.29) is 5.56 Å². The third kappa shape index (κ3) is 3.29. The number of pyridine rings is 1. The van der Waals surface area contributed by atoms with E-state index in [9.17, 15) is 4.79 Å². The summed E-state index contributed by atoms with van der Waals surface area (Å²) in [7, 11) is 0. The van der Waals surface area contributed by atoms with Gasteiger partial charge in [0.25, 0.3) is 5.56 Å². The van der Waals surface area contributed by atoms with Gasteiger partial charge in [0.15, 0.2) is 5.65 Å². The molecule has 0 radical (unpaired) electrons. The predicted molar refractivity (Wildman–Crippen MR) is 98.6 cm³/mol. The number of nitrogens with one attached hydrogen (secondary N) is 1. The van der Waals surface area contributed by atoms with E-state index in [0.717, 1.165) is 11.1 Å². The number of fused-ring (bicyclic) bond motifs is 1. The van der Waals surface area contributed by atoms with Crippen molar-refractivity contribution >= 4 is 29.1 Å². The molecule has 6 nitrogen and oxygen atoms in total. The molecule has 1 aliphatic rings. The maximum atomic E-state index is 12.6. The zero-order chi connectivity index (χ0) is 17.1. The van der Waals surface area contributed by atoms with Crippen LogP contribution < -0.4 is 10.5 Å². The highest BCUT2D eigenvalue weighted by atomic mass is 16.5. The van der Waals surface area contributed by atoms with E-state index in [2.05, 4.69) is 15.0 Å². The van der Waals surface area contributed by atoms with Crippen LogP contribution in [0, 0.1) is 0 Å². The van der Waals surface area contributed by atoms with Crippen molar-refractivity contribution < 1.29 is 4.74 Å². The summed E-state index contributed by atoms with van der Waals surface area (Å²) >= 11 is 0. The monoisotopic (exact) mass is 334 g/mol. The highest BCUT2D eigenvalue weighted by Gasteiger charge is 2.16. The van der Waals surface area contributed by atoms with E-state index in [1.165, 1.54) is 0 Å². The van der Waals surface area contributed by atoms with Crippen LogP contribution in [0.5, 0.6) is 0 Å². The Balaban J connectivity index is 1.74. The summed E-state index contributed by atoms with van der Waals surface area (Å²) in [5.74, 6) is 0.553. The minimum absolute atomic E-state index is 0.174. The SMILES string of the molecule is O=c1[nH]c(N2CCOCC2)nc2nccc(/C=C/c3ccccc3)c12. The van der Waals surface area contributed by atoms with Gasteiger partial charge in [-0.3, -0.25) is 9.78 Å². The first kappa shape index (κ1) is 15.5.